The summed E-state index contributed by atoms with van der Waals surface area (Å²) in [4.78, 5) is 11.6. The molecule has 0 aliphatic heterocycles. The highest BCUT2D eigenvalue weighted by molar-refractivity contribution is 6.43. The zero-order valence-electron chi connectivity index (χ0n) is 11.6. The van der Waals surface area contributed by atoms with Crippen LogP contribution in [0.2, 0.25) is 15.1 Å². The Bertz CT molecular complexity index is 751. The first-order valence-corrected chi connectivity index (χ1v) is 7.48. The van der Waals surface area contributed by atoms with E-state index in [1.165, 1.54) is 24.4 Å². The Kier molecular flexibility index (Phi) is 6.10. The number of hydrazone groups is 1. The molecular weight excluding hydrogens is 363 g/mol. The molecule has 0 aliphatic carbocycles. The van der Waals surface area contributed by atoms with E-state index >= 15 is 0 Å². The lowest BCUT2D eigenvalue weighted by atomic mass is 10.2. The number of phenols is 1. The molecule has 0 spiro atoms. The molecule has 0 radical (unpaired) electrons. The molecule has 0 aromatic heterocycles. The van der Waals surface area contributed by atoms with Gasteiger partial charge in [0.2, 0.25) is 0 Å². The highest BCUT2D eigenvalue weighted by Crippen LogP contribution is 2.33. The molecule has 2 aromatic rings. The molecule has 2 rings (SSSR count). The fraction of sp³-hybridized carbons (Fsp3) is 0.0667. The largest absolute Gasteiger partial charge is 0.507 e. The summed E-state index contributed by atoms with van der Waals surface area (Å²) in [5, 5.41) is 14.1. The van der Waals surface area contributed by atoms with Crippen molar-refractivity contribution in [1.82, 2.24) is 5.43 Å². The molecule has 2 aromatic carbocycles. The molecule has 0 aliphatic rings. The molecule has 0 atom stereocenters. The maximum absolute atomic E-state index is 11.6. The number of hydrogen-bond acceptors (Lipinski definition) is 4. The molecule has 0 heterocycles. The molecule has 0 fully saturated rings. The van der Waals surface area contributed by atoms with Crippen molar-refractivity contribution in [2.45, 2.75) is 0 Å². The molecule has 1 amide bonds. The lowest BCUT2D eigenvalue weighted by Gasteiger charge is -2.08. The lowest BCUT2D eigenvalue weighted by Crippen LogP contribution is -2.24. The second kappa shape index (κ2) is 8.06. The van der Waals surface area contributed by atoms with Crippen LogP contribution in [-0.4, -0.2) is 23.8 Å². The number of nitrogens with zero attached hydrogens (tertiary/aromatic N) is 1. The Morgan fingerprint density at radius 2 is 1.87 bits per heavy atom. The topological polar surface area (TPSA) is 70.9 Å². The smallest absolute Gasteiger partial charge is 0.277 e. The van der Waals surface area contributed by atoms with Gasteiger partial charge in [-0.1, -0.05) is 46.9 Å². The second-order valence-corrected chi connectivity index (χ2v) is 5.56. The van der Waals surface area contributed by atoms with Crippen molar-refractivity contribution in [3.8, 4) is 11.5 Å². The Balaban J connectivity index is 1.89. The molecule has 0 unspecified atom stereocenters. The van der Waals surface area contributed by atoms with Gasteiger partial charge in [0, 0.05) is 11.6 Å². The third-order valence-electron chi connectivity index (χ3n) is 2.66. The van der Waals surface area contributed by atoms with Crippen molar-refractivity contribution in [2.24, 2.45) is 5.10 Å². The zero-order valence-corrected chi connectivity index (χ0v) is 13.9. The number of para-hydroxylation sites is 1. The SMILES string of the molecule is O=C(COc1cc(Cl)c(Cl)cc1Cl)N/N=C\c1ccccc1O. The van der Waals surface area contributed by atoms with E-state index < -0.39 is 5.91 Å². The van der Waals surface area contributed by atoms with Crippen LogP contribution < -0.4 is 10.2 Å². The number of aromatic hydroxyl groups is 1. The number of hydrogen-bond donors (Lipinski definition) is 2. The van der Waals surface area contributed by atoms with Gasteiger partial charge in [0.25, 0.3) is 5.91 Å². The van der Waals surface area contributed by atoms with Crippen molar-refractivity contribution in [3.05, 3.63) is 57.0 Å². The van der Waals surface area contributed by atoms with Crippen molar-refractivity contribution in [2.75, 3.05) is 6.61 Å². The van der Waals surface area contributed by atoms with Crippen LogP contribution in [0.3, 0.4) is 0 Å². The lowest BCUT2D eigenvalue weighted by molar-refractivity contribution is -0.123. The molecule has 8 heteroatoms. The summed E-state index contributed by atoms with van der Waals surface area (Å²) in [7, 11) is 0. The zero-order chi connectivity index (χ0) is 16.8. The summed E-state index contributed by atoms with van der Waals surface area (Å²) in [5.41, 5.74) is 2.74. The van der Waals surface area contributed by atoms with E-state index in [0.717, 1.165) is 0 Å². The summed E-state index contributed by atoms with van der Waals surface area (Å²) >= 11 is 17.6. The second-order valence-electron chi connectivity index (χ2n) is 4.34. The van der Waals surface area contributed by atoms with Gasteiger partial charge in [-0.3, -0.25) is 4.79 Å². The van der Waals surface area contributed by atoms with Crippen molar-refractivity contribution in [3.63, 3.8) is 0 Å². The number of nitrogens with one attached hydrogen (secondary N) is 1. The van der Waals surface area contributed by atoms with Crippen LogP contribution in [0.5, 0.6) is 11.5 Å². The molecule has 5 nitrogen and oxygen atoms in total. The summed E-state index contributed by atoms with van der Waals surface area (Å²) in [6.45, 7) is -0.310. The van der Waals surface area contributed by atoms with Crippen molar-refractivity contribution >= 4 is 46.9 Å². The molecule has 0 saturated carbocycles. The first kappa shape index (κ1) is 17.4. The van der Waals surface area contributed by atoms with Crippen LogP contribution in [0.15, 0.2) is 41.5 Å². The highest BCUT2D eigenvalue weighted by Gasteiger charge is 2.09. The Morgan fingerprint density at radius 1 is 1.17 bits per heavy atom. The predicted octanol–water partition coefficient (Wildman–Crippen LogP) is 3.88. The molecule has 0 saturated heterocycles. The molecule has 0 bridgehead atoms. The predicted molar refractivity (Wildman–Crippen MR) is 90.8 cm³/mol. The van der Waals surface area contributed by atoms with Crippen LogP contribution in [0.25, 0.3) is 0 Å². The number of ether oxygens (including phenoxy) is 1. The summed E-state index contributed by atoms with van der Waals surface area (Å²) in [5.74, 6) is -0.205. The minimum atomic E-state index is -0.501. The first-order valence-electron chi connectivity index (χ1n) is 6.34. The number of rotatable bonds is 5. The van der Waals surface area contributed by atoms with E-state index in [1.807, 2.05) is 0 Å². The quantitative estimate of drug-likeness (QED) is 0.474. The van der Waals surface area contributed by atoms with E-state index in [1.54, 1.807) is 18.2 Å². The highest BCUT2D eigenvalue weighted by atomic mass is 35.5. The van der Waals surface area contributed by atoms with Gasteiger partial charge < -0.3 is 9.84 Å². The molecule has 120 valence electrons. The third kappa shape index (κ3) is 5.03. The number of benzene rings is 2. The van der Waals surface area contributed by atoms with E-state index in [9.17, 15) is 9.90 Å². The fourth-order valence-electron chi connectivity index (χ4n) is 1.56. The van der Waals surface area contributed by atoms with Gasteiger partial charge in [-0.2, -0.15) is 5.10 Å². The minimum Gasteiger partial charge on any atom is -0.507 e. The Hall–Kier alpha value is -1.95. The number of halogens is 3. The fourth-order valence-corrected chi connectivity index (χ4v) is 2.15. The maximum atomic E-state index is 11.6. The number of amides is 1. The van der Waals surface area contributed by atoms with Crippen LogP contribution in [0, 0.1) is 0 Å². The van der Waals surface area contributed by atoms with Gasteiger partial charge in [-0.15, -0.1) is 0 Å². The van der Waals surface area contributed by atoms with E-state index in [0.29, 0.717) is 10.6 Å². The molecular formula is C15H11Cl3N2O3. The van der Waals surface area contributed by atoms with Gasteiger partial charge in [0.1, 0.15) is 11.5 Å². The molecule has 2 N–H and O–H groups in total. The van der Waals surface area contributed by atoms with Crippen LogP contribution >= 0.6 is 34.8 Å². The summed E-state index contributed by atoms with van der Waals surface area (Å²) < 4.78 is 5.25. The van der Waals surface area contributed by atoms with Gasteiger partial charge in [-0.25, -0.2) is 5.43 Å². The normalized spacial score (nSPS) is 10.7. The minimum absolute atomic E-state index is 0.0596. The molecule has 23 heavy (non-hydrogen) atoms. The van der Waals surface area contributed by atoms with Crippen LogP contribution in [-0.2, 0) is 4.79 Å². The van der Waals surface area contributed by atoms with Gasteiger partial charge >= 0.3 is 0 Å². The summed E-state index contributed by atoms with van der Waals surface area (Å²) in [6, 6.07) is 9.42. The monoisotopic (exact) mass is 372 g/mol. The van der Waals surface area contributed by atoms with Crippen molar-refractivity contribution < 1.29 is 14.6 Å². The standard InChI is InChI=1S/C15H11Cl3N2O3/c16-10-5-12(18)14(6-11(10)17)23-8-15(22)20-19-7-9-3-1-2-4-13(9)21/h1-7,21H,8H2,(H,20,22)/b19-7-. The van der Waals surface area contributed by atoms with Gasteiger partial charge in [-0.05, 0) is 18.2 Å². The number of phenolic OH excluding ortho intramolecular Hbond substituents is 1. The Morgan fingerprint density at radius 3 is 2.61 bits per heavy atom. The average molecular weight is 374 g/mol. The van der Waals surface area contributed by atoms with E-state index in [-0.39, 0.29) is 28.2 Å². The van der Waals surface area contributed by atoms with E-state index in [4.69, 9.17) is 39.5 Å². The van der Waals surface area contributed by atoms with E-state index in [2.05, 4.69) is 10.5 Å². The number of carbonyl (C=O) groups is 1. The van der Waals surface area contributed by atoms with Crippen LogP contribution in [0.4, 0.5) is 0 Å². The maximum Gasteiger partial charge on any atom is 0.277 e. The first-order chi connectivity index (χ1) is 11.0. The third-order valence-corrected chi connectivity index (χ3v) is 3.68. The van der Waals surface area contributed by atoms with Gasteiger partial charge in [0.05, 0.1) is 21.3 Å². The average Bonchev–Trinajstić information content (AvgIpc) is 2.51. The summed E-state index contributed by atoms with van der Waals surface area (Å²) in [6.07, 6.45) is 1.32. The van der Waals surface area contributed by atoms with Gasteiger partial charge in [0.15, 0.2) is 6.61 Å². The Labute approximate surface area is 147 Å². The van der Waals surface area contributed by atoms with Crippen LogP contribution in [0.1, 0.15) is 5.56 Å². The van der Waals surface area contributed by atoms with Crippen molar-refractivity contribution in [1.29, 1.82) is 0 Å². The number of carbonyl (C=O) groups excluding carboxylic acids is 1.